The quantitative estimate of drug-likeness (QED) is 0.860. The first-order chi connectivity index (χ1) is 11.7. The van der Waals surface area contributed by atoms with Gasteiger partial charge in [0.05, 0.1) is 13.2 Å². The van der Waals surface area contributed by atoms with Crippen LogP contribution in [0.5, 0.6) is 5.75 Å². The summed E-state index contributed by atoms with van der Waals surface area (Å²) in [5, 5.41) is 11.1. The van der Waals surface area contributed by atoms with Gasteiger partial charge in [-0.1, -0.05) is 43.9 Å². The summed E-state index contributed by atoms with van der Waals surface area (Å²) in [6.07, 6.45) is 7.80. The zero-order valence-corrected chi connectivity index (χ0v) is 14.9. The summed E-state index contributed by atoms with van der Waals surface area (Å²) in [7, 11) is 0. The minimum Gasteiger partial charge on any atom is -0.490 e. The van der Waals surface area contributed by atoms with Crippen LogP contribution in [0.3, 0.4) is 0 Å². The van der Waals surface area contributed by atoms with E-state index >= 15 is 0 Å². The summed E-state index contributed by atoms with van der Waals surface area (Å²) >= 11 is 0. The molecule has 1 aliphatic heterocycles. The van der Waals surface area contributed by atoms with Crippen LogP contribution in [0, 0.1) is 6.92 Å². The molecule has 0 bridgehead atoms. The number of para-hydroxylation sites is 1. The third-order valence-corrected chi connectivity index (χ3v) is 5.32. The lowest BCUT2D eigenvalue weighted by molar-refractivity contribution is -0.0676. The Morgan fingerprint density at radius 2 is 1.96 bits per heavy atom. The Morgan fingerprint density at radius 3 is 2.71 bits per heavy atom. The topological polar surface area (TPSA) is 41.9 Å². The number of aryl methyl sites for hydroxylation is 1. The largest absolute Gasteiger partial charge is 0.490 e. The lowest BCUT2D eigenvalue weighted by atomic mass is 10.0. The van der Waals surface area contributed by atoms with Crippen molar-refractivity contribution in [3.05, 3.63) is 29.8 Å². The summed E-state index contributed by atoms with van der Waals surface area (Å²) in [6, 6.07) is 8.53. The molecule has 1 atom stereocenters. The van der Waals surface area contributed by atoms with Crippen LogP contribution in [0.25, 0.3) is 0 Å². The smallest absolute Gasteiger partial charge is 0.134 e. The Morgan fingerprint density at radius 1 is 1.21 bits per heavy atom. The standard InChI is InChI=1S/C20H31NO3/c1-17-8-6-7-11-19(17)24-16-20(22)14-21(12-13-23-15-20)18-9-4-2-3-5-10-18/h6-8,11,18,22H,2-5,9-10,12-16H2,1H3/t20-/m0/s1. The molecule has 0 unspecified atom stereocenters. The van der Waals surface area contributed by atoms with Gasteiger partial charge in [-0.15, -0.1) is 0 Å². The second-order valence-corrected chi connectivity index (χ2v) is 7.45. The van der Waals surface area contributed by atoms with Crippen molar-refractivity contribution < 1.29 is 14.6 Å². The predicted molar refractivity (Wildman–Crippen MR) is 95.5 cm³/mol. The molecule has 0 radical (unpaired) electrons. The van der Waals surface area contributed by atoms with Gasteiger partial charge in [-0.2, -0.15) is 0 Å². The van der Waals surface area contributed by atoms with Crippen molar-refractivity contribution in [2.75, 3.05) is 32.9 Å². The fourth-order valence-corrected chi connectivity index (χ4v) is 3.90. The highest BCUT2D eigenvalue weighted by molar-refractivity contribution is 5.31. The van der Waals surface area contributed by atoms with E-state index in [1.807, 2.05) is 31.2 Å². The molecule has 1 aromatic carbocycles. The fraction of sp³-hybridized carbons (Fsp3) is 0.700. The molecule has 1 saturated carbocycles. The third-order valence-electron chi connectivity index (χ3n) is 5.32. The van der Waals surface area contributed by atoms with Crippen molar-refractivity contribution in [1.29, 1.82) is 0 Å². The van der Waals surface area contributed by atoms with Crippen LogP contribution in [-0.4, -0.2) is 54.6 Å². The van der Waals surface area contributed by atoms with Crippen molar-refractivity contribution in [3.8, 4) is 5.75 Å². The SMILES string of the molecule is Cc1ccccc1OC[C@@]1(O)COCCN(C2CCCCCC2)C1. The zero-order valence-electron chi connectivity index (χ0n) is 14.9. The molecule has 134 valence electrons. The van der Waals surface area contributed by atoms with E-state index in [1.54, 1.807) is 0 Å². The predicted octanol–water partition coefficient (Wildman–Crippen LogP) is 3.16. The second kappa shape index (κ2) is 8.32. The number of β-amino-alcohol motifs (C(OH)–C–C–N with tert-alkyl or cyclic N) is 1. The molecule has 1 heterocycles. The van der Waals surface area contributed by atoms with Gasteiger partial charge < -0.3 is 14.6 Å². The van der Waals surface area contributed by atoms with Crippen LogP contribution < -0.4 is 4.74 Å². The summed E-state index contributed by atoms with van der Waals surface area (Å²) < 4.78 is 11.6. The Balaban J connectivity index is 1.63. The number of nitrogens with zero attached hydrogens (tertiary/aromatic N) is 1. The first kappa shape index (κ1) is 17.7. The van der Waals surface area contributed by atoms with E-state index in [2.05, 4.69) is 4.90 Å². The van der Waals surface area contributed by atoms with E-state index in [4.69, 9.17) is 9.47 Å². The maximum absolute atomic E-state index is 11.1. The number of ether oxygens (including phenoxy) is 2. The molecule has 1 aromatic rings. The molecule has 3 rings (SSSR count). The molecular formula is C20H31NO3. The number of hydrogen-bond donors (Lipinski definition) is 1. The van der Waals surface area contributed by atoms with Crippen LogP contribution in [0.4, 0.5) is 0 Å². The van der Waals surface area contributed by atoms with Crippen molar-refractivity contribution >= 4 is 0 Å². The molecular weight excluding hydrogens is 302 g/mol. The normalized spacial score (nSPS) is 27.4. The highest BCUT2D eigenvalue weighted by Gasteiger charge is 2.36. The van der Waals surface area contributed by atoms with Crippen molar-refractivity contribution in [1.82, 2.24) is 4.90 Å². The van der Waals surface area contributed by atoms with E-state index in [-0.39, 0.29) is 6.61 Å². The highest BCUT2D eigenvalue weighted by atomic mass is 16.5. The molecule has 1 saturated heterocycles. The second-order valence-electron chi connectivity index (χ2n) is 7.45. The number of aliphatic hydroxyl groups is 1. The van der Waals surface area contributed by atoms with Crippen LogP contribution in [0.15, 0.2) is 24.3 Å². The van der Waals surface area contributed by atoms with Gasteiger partial charge in [0.1, 0.15) is 18.0 Å². The van der Waals surface area contributed by atoms with Gasteiger partial charge in [-0.25, -0.2) is 0 Å². The first-order valence-electron chi connectivity index (χ1n) is 9.39. The molecule has 1 N–H and O–H groups in total. The molecule has 2 fully saturated rings. The maximum Gasteiger partial charge on any atom is 0.134 e. The van der Waals surface area contributed by atoms with Gasteiger partial charge in [0.2, 0.25) is 0 Å². The summed E-state index contributed by atoms with van der Waals surface area (Å²) in [6.45, 7) is 4.91. The molecule has 24 heavy (non-hydrogen) atoms. The molecule has 0 amide bonds. The van der Waals surface area contributed by atoms with Crippen molar-refractivity contribution in [2.24, 2.45) is 0 Å². The van der Waals surface area contributed by atoms with Crippen LogP contribution >= 0.6 is 0 Å². The van der Waals surface area contributed by atoms with Gasteiger partial charge >= 0.3 is 0 Å². The lowest BCUT2D eigenvalue weighted by Crippen LogP contribution is -2.51. The van der Waals surface area contributed by atoms with Crippen molar-refractivity contribution in [3.63, 3.8) is 0 Å². The summed E-state index contributed by atoms with van der Waals surface area (Å²) in [5.74, 6) is 0.844. The van der Waals surface area contributed by atoms with Crippen molar-refractivity contribution in [2.45, 2.75) is 57.1 Å². The number of hydrogen-bond acceptors (Lipinski definition) is 4. The Kier molecular flexibility index (Phi) is 6.14. The lowest BCUT2D eigenvalue weighted by Gasteiger charge is -2.35. The van der Waals surface area contributed by atoms with E-state index in [1.165, 1.54) is 38.5 Å². The molecule has 2 aliphatic rings. The Hall–Kier alpha value is -1.10. The van der Waals surface area contributed by atoms with Crippen LogP contribution in [0.2, 0.25) is 0 Å². The summed E-state index contributed by atoms with van der Waals surface area (Å²) in [4.78, 5) is 2.44. The molecule has 0 aromatic heterocycles. The average molecular weight is 333 g/mol. The minimum atomic E-state index is -0.939. The third kappa shape index (κ3) is 4.71. The number of rotatable bonds is 4. The van der Waals surface area contributed by atoms with E-state index < -0.39 is 5.60 Å². The Bertz CT molecular complexity index is 513. The molecule has 4 heteroatoms. The Labute approximate surface area is 145 Å². The van der Waals surface area contributed by atoms with Crippen LogP contribution in [0.1, 0.15) is 44.1 Å². The maximum atomic E-state index is 11.1. The zero-order chi connectivity index (χ0) is 16.8. The number of benzene rings is 1. The first-order valence-corrected chi connectivity index (χ1v) is 9.39. The minimum absolute atomic E-state index is 0.279. The van der Waals surface area contributed by atoms with Gasteiger partial charge in [-0.3, -0.25) is 4.90 Å². The van der Waals surface area contributed by atoms with Gasteiger partial charge in [0, 0.05) is 19.1 Å². The van der Waals surface area contributed by atoms with E-state index in [9.17, 15) is 5.11 Å². The summed E-state index contributed by atoms with van der Waals surface area (Å²) in [5.41, 5.74) is 0.154. The monoisotopic (exact) mass is 333 g/mol. The van der Waals surface area contributed by atoms with Gasteiger partial charge in [-0.05, 0) is 31.4 Å². The van der Waals surface area contributed by atoms with Crippen LogP contribution in [-0.2, 0) is 4.74 Å². The molecule has 1 aliphatic carbocycles. The fourth-order valence-electron chi connectivity index (χ4n) is 3.90. The van der Waals surface area contributed by atoms with Gasteiger partial charge in [0.15, 0.2) is 0 Å². The molecule has 0 spiro atoms. The van der Waals surface area contributed by atoms with E-state index in [0.717, 1.165) is 17.9 Å². The van der Waals surface area contributed by atoms with Gasteiger partial charge in [0.25, 0.3) is 0 Å². The molecule has 4 nitrogen and oxygen atoms in total. The average Bonchev–Trinajstić information content (AvgIpc) is 2.95. The van der Waals surface area contributed by atoms with E-state index in [0.29, 0.717) is 25.8 Å². The highest BCUT2D eigenvalue weighted by Crippen LogP contribution is 2.26.